The summed E-state index contributed by atoms with van der Waals surface area (Å²) in [6, 6.07) is 9.07. The van der Waals surface area contributed by atoms with Crippen LogP contribution in [0.15, 0.2) is 36.0 Å². The number of anilines is 1. The van der Waals surface area contributed by atoms with Gasteiger partial charge in [0.1, 0.15) is 18.2 Å². The highest BCUT2D eigenvalue weighted by molar-refractivity contribution is 5.98. The van der Waals surface area contributed by atoms with Gasteiger partial charge in [0.2, 0.25) is 0 Å². The quantitative estimate of drug-likeness (QED) is 0.541. The van der Waals surface area contributed by atoms with Gasteiger partial charge in [0.25, 0.3) is 5.91 Å². The van der Waals surface area contributed by atoms with Crippen LogP contribution in [0.5, 0.6) is 0 Å². The van der Waals surface area contributed by atoms with Gasteiger partial charge in [-0.15, -0.1) is 0 Å². The zero-order valence-electron chi connectivity index (χ0n) is 10.3. The summed E-state index contributed by atoms with van der Waals surface area (Å²) >= 11 is 0. The molecule has 0 unspecified atom stereocenters. The summed E-state index contributed by atoms with van der Waals surface area (Å²) in [4.78, 5) is 21.7. The summed E-state index contributed by atoms with van der Waals surface area (Å²) in [7, 11) is 0. The van der Waals surface area contributed by atoms with E-state index in [9.17, 15) is 9.59 Å². The Morgan fingerprint density at radius 1 is 1.37 bits per heavy atom. The second kappa shape index (κ2) is 6.81. The van der Waals surface area contributed by atoms with Crippen LogP contribution >= 0.6 is 0 Å². The topological polar surface area (TPSA) is 102 Å². The second-order valence-corrected chi connectivity index (χ2v) is 3.76. The molecule has 6 heteroatoms. The average Bonchev–Trinajstić information content (AvgIpc) is 2.39. The first-order valence-electron chi connectivity index (χ1n) is 5.46. The average molecular weight is 259 g/mol. The highest BCUT2D eigenvalue weighted by Gasteiger charge is 2.09. The van der Waals surface area contributed by atoms with Crippen molar-refractivity contribution in [2.75, 3.05) is 11.9 Å². The van der Waals surface area contributed by atoms with Crippen LogP contribution < -0.4 is 10.6 Å². The molecule has 1 aromatic rings. The lowest BCUT2D eigenvalue weighted by Crippen LogP contribution is -2.30. The number of hydrogen-bond donors (Lipinski definition) is 3. The van der Waals surface area contributed by atoms with Crippen LogP contribution in [-0.2, 0) is 9.59 Å². The van der Waals surface area contributed by atoms with Crippen LogP contribution in [0.4, 0.5) is 5.69 Å². The van der Waals surface area contributed by atoms with Gasteiger partial charge < -0.3 is 15.7 Å². The van der Waals surface area contributed by atoms with Crippen LogP contribution in [0.1, 0.15) is 5.56 Å². The van der Waals surface area contributed by atoms with Crippen LogP contribution in [0.2, 0.25) is 0 Å². The summed E-state index contributed by atoms with van der Waals surface area (Å²) in [6.07, 6.45) is 1.24. The molecule has 1 rings (SSSR count). The van der Waals surface area contributed by atoms with Crippen molar-refractivity contribution in [1.82, 2.24) is 5.32 Å². The molecule has 3 N–H and O–H groups in total. The smallest absolute Gasteiger partial charge is 0.322 e. The Hall–Kier alpha value is -2.81. The van der Waals surface area contributed by atoms with Crippen molar-refractivity contribution >= 4 is 17.6 Å². The van der Waals surface area contributed by atoms with Crippen LogP contribution in [0.3, 0.4) is 0 Å². The molecule has 0 heterocycles. The van der Waals surface area contributed by atoms with Gasteiger partial charge in [-0.1, -0.05) is 17.7 Å². The third-order valence-corrected chi connectivity index (χ3v) is 2.20. The Morgan fingerprint density at radius 2 is 2.00 bits per heavy atom. The van der Waals surface area contributed by atoms with Gasteiger partial charge in [0, 0.05) is 11.9 Å². The highest BCUT2D eigenvalue weighted by Crippen LogP contribution is 2.09. The van der Waals surface area contributed by atoms with E-state index in [2.05, 4.69) is 10.6 Å². The van der Waals surface area contributed by atoms with E-state index in [1.807, 2.05) is 19.1 Å². The Bertz CT molecular complexity index is 541. The van der Waals surface area contributed by atoms with Crippen LogP contribution in [0.25, 0.3) is 0 Å². The molecule has 0 saturated carbocycles. The minimum Gasteiger partial charge on any atom is -0.480 e. The first-order valence-corrected chi connectivity index (χ1v) is 5.46. The van der Waals surface area contributed by atoms with Gasteiger partial charge in [-0.2, -0.15) is 5.26 Å². The van der Waals surface area contributed by atoms with Crippen molar-refractivity contribution in [2.45, 2.75) is 6.92 Å². The third kappa shape index (κ3) is 4.91. The first kappa shape index (κ1) is 14.3. The zero-order chi connectivity index (χ0) is 14.3. The van der Waals surface area contributed by atoms with Crippen molar-refractivity contribution < 1.29 is 14.7 Å². The number of carboxylic acid groups (broad SMARTS) is 1. The maximum absolute atomic E-state index is 11.4. The molecule has 0 aliphatic carbocycles. The Kier molecular flexibility index (Phi) is 5.11. The van der Waals surface area contributed by atoms with Crippen LogP contribution in [-0.4, -0.2) is 23.5 Å². The molecule has 0 saturated heterocycles. The van der Waals surface area contributed by atoms with E-state index in [4.69, 9.17) is 10.4 Å². The molecule has 0 fully saturated rings. The number of nitrogens with one attached hydrogen (secondary N) is 2. The van der Waals surface area contributed by atoms with Crippen molar-refractivity contribution in [3.8, 4) is 6.07 Å². The van der Waals surface area contributed by atoms with Gasteiger partial charge in [0.05, 0.1) is 0 Å². The normalized spacial score (nSPS) is 10.4. The Labute approximate surface area is 110 Å². The molecular formula is C13H13N3O3. The number of carbonyl (C=O) groups excluding carboxylic acids is 1. The maximum Gasteiger partial charge on any atom is 0.322 e. The molecule has 0 aromatic heterocycles. The van der Waals surface area contributed by atoms with Gasteiger partial charge >= 0.3 is 5.97 Å². The van der Waals surface area contributed by atoms with E-state index < -0.39 is 18.4 Å². The van der Waals surface area contributed by atoms with E-state index in [-0.39, 0.29) is 5.57 Å². The molecule has 0 radical (unpaired) electrons. The third-order valence-electron chi connectivity index (χ3n) is 2.20. The van der Waals surface area contributed by atoms with Gasteiger partial charge in [-0.05, 0) is 19.1 Å². The molecule has 98 valence electrons. The number of nitrogens with zero attached hydrogens (tertiary/aromatic N) is 1. The standard InChI is InChI=1S/C13H13N3O3/c1-9-2-4-11(5-3-9)15-7-10(6-14)13(19)16-8-12(17)18/h2-5,7,15H,8H2,1H3,(H,16,19)(H,17,18)/b10-7-. The monoisotopic (exact) mass is 259 g/mol. The fourth-order valence-corrected chi connectivity index (χ4v) is 1.20. The zero-order valence-corrected chi connectivity index (χ0v) is 10.3. The van der Waals surface area contributed by atoms with Gasteiger partial charge in [-0.25, -0.2) is 0 Å². The summed E-state index contributed by atoms with van der Waals surface area (Å²) in [6.45, 7) is 1.42. The fraction of sp³-hybridized carbons (Fsp3) is 0.154. The number of carbonyl (C=O) groups is 2. The molecule has 19 heavy (non-hydrogen) atoms. The van der Waals surface area contributed by atoms with E-state index >= 15 is 0 Å². The number of amides is 1. The van der Waals surface area contributed by atoms with Gasteiger partial charge in [0.15, 0.2) is 0 Å². The molecule has 0 aliphatic rings. The lowest BCUT2D eigenvalue weighted by molar-refractivity contribution is -0.137. The molecule has 1 aromatic carbocycles. The minimum atomic E-state index is -1.17. The van der Waals surface area contributed by atoms with Crippen LogP contribution in [0, 0.1) is 18.3 Å². The molecule has 0 bridgehead atoms. The van der Waals surface area contributed by atoms with Crippen molar-refractivity contribution in [3.05, 3.63) is 41.6 Å². The van der Waals surface area contributed by atoms with Crippen molar-refractivity contribution in [1.29, 1.82) is 5.26 Å². The SMILES string of the molecule is Cc1ccc(N/C=C(/C#N)C(=O)NCC(=O)O)cc1. The molecule has 1 amide bonds. The summed E-state index contributed by atoms with van der Waals surface area (Å²) in [5, 5.41) is 22.1. The largest absolute Gasteiger partial charge is 0.480 e. The number of aryl methyl sites for hydroxylation is 1. The predicted molar refractivity (Wildman–Crippen MR) is 69.1 cm³/mol. The molecule has 6 nitrogen and oxygen atoms in total. The van der Waals surface area contributed by atoms with E-state index in [0.717, 1.165) is 11.3 Å². The maximum atomic E-state index is 11.4. The van der Waals surface area contributed by atoms with E-state index in [1.54, 1.807) is 18.2 Å². The lowest BCUT2D eigenvalue weighted by Gasteiger charge is -2.03. The number of nitriles is 1. The highest BCUT2D eigenvalue weighted by atomic mass is 16.4. The first-order chi connectivity index (χ1) is 9.02. The number of rotatable bonds is 5. The number of aliphatic carboxylic acids is 1. The number of benzene rings is 1. The van der Waals surface area contributed by atoms with Gasteiger partial charge in [-0.3, -0.25) is 9.59 Å². The molecule has 0 atom stereocenters. The van der Waals surface area contributed by atoms with Crippen molar-refractivity contribution in [2.24, 2.45) is 0 Å². The molecule has 0 aliphatic heterocycles. The summed E-state index contributed by atoms with van der Waals surface area (Å²) in [5.41, 5.74) is 1.63. The van der Waals surface area contributed by atoms with Crippen molar-refractivity contribution in [3.63, 3.8) is 0 Å². The number of carboxylic acids is 1. The minimum absolute atomic E-state index is 0.193. The fourth-order valence-electron chi connectivity index (χ4n) is 1.20. The second-order valence-electron chi connectivity index (χ2n) is 3.76. The molecular weight excluding hydrogens is 246 g/mol. The summed E-state index contributed by atoms with van der Waals surface area (Å²) in [5.74, 6) is -1.90. The Balaban J connectivity index is 2.66. The van der Waals surface area contributed by atoms with E-state index in [0.29, 0.717) is 0 Å². The predicted octanol–water partition coefficient (Wildman–Crippen LogP) is 1.02. The lowest BCUT2D eigenvalue weighted by atomic mass is 10.2. The molecule has 0 spiro atoms. The summed E-state index contributed by atoms with van der Waals surface area (Å²) < 4.78 is 0. The Morgan fingerprint density at radius 3 is 2.53 bits per heavy atom. The number of hydrogen-bond acceptors (Lipinski definition) is 4. The van der Waals surface area contributed by atoms with E-state index in [1.165, 1.54) is 6.20 Å².